The monoisotopic (exact) mass is 364 g/mol. The van der Waals surface area contributed by atoms with Crippen molar-refractivity contribution >= 4 is 22.4 Å². The fraction of sp³-hybridized carbons (Fsp3) is 0.364. The van der Waals surface area contributed by atoms with Crippen LogP contribution >= 0.6 is 0 Å². The molecule has 3 atom stereocenters. The first kappa shape index (κ1) is 17.9. The molecule has 0 radical (unpaired) electrons. The van der Waals surface area contributed by atoms with Crippen molar-refractivity contribution in [3.63, 3.8) is 0 Å². The number of hydrogen-bond acceptors (Lipinski definition) is 4. The fourth-order valence-corrected chi connectivity index (χ4v) is 3.60. The Morgan fingerprint density at radius 1 is 1.37 bits per heavy atom. The zero-order valence-corrected chi connectivity index (χ0v) is 15.7. The van der Waals surface area contributed by atoms with Crippen LogP contribution in [0.3, 0.4) is 0 Å². The number of fused-ring (bicyclic) bond motifs is 2. The molecular weight excluding hydrogens is 340 g/mol. The molecule has 2 heterocycles. The van der Waals surface area contributed by atoms with Crippen molar-refractivity contribution in [2.45, 2.75) is 39.1 Å². The first-order chi connectivity index (χ1) is 13.0. The average molecular weight is 364 g/mol. The second kappa shape index (κ2) is 7.25. The zero-order valence-electron chi connectivity index (χ0n) is 15.7. The van der Waals surface area contributed by atoms with Crippen LogP contribution in [0.15, 0.2) is 54.1 Å². The molecule has 1 N–H and O–H groups in total. The van der Waals surface area contributed by atoms with Gasteiger partial charge in [0.2, 0.25) is 0 Å². The lowest BCUT2D eigenvalue weighted by Gasteiger charge is -2.36. The average Bonchev–Trinajstić information content (AvgIpc) is 3.06. The van der Waals surface area contributed by atoms with E-state index < -0.39 is 6.29 Å². The summed E-state index contributed by atoms with van der Waals surface area (Å²) in [4.78, 5) is 20.4. The van der Waals surface area contributed by atoms with Gasteiger partial charge in [-0.2, -0.15) is 0 Å². The smallest absolute Gasteiger partial charge is 0.178 e. The van der Waals surface area contributed by atoms with Gasteiger partial charge in [0.05, 0.1) is 23.7 Å². The predicted molar refractivity (Wildman–Crippen MR) is 105 cm³/mol. The van der Waals surface area contributed by atoms with Crippen molar-refractivity contribution < 1.29 is 14.3 Å². The maximum absolute atomic E-state index is 12.3. The minimum Gasteiger partial charge on any atom is -0.349 e. The van der Waals surface area contributed by atoms with E-state index >= 15 is 0 Å². The predicted octanol–water partition coefficient (Wildman–Crippen LogP) is 4.19. The van der Waals surface area contributed by atoms with Crippen LogP contribution in [-0.2, 0) is 14.3 Å². The Bertz CT molecular complexity index is 920. The number of carbonyl (C=O) groups is 1. The number of hydrogen-bond donors (Lipinski definition) is 1. The highest BCUT2D eigenvalue weighted by Crippen LogP contribution is 2.39. The lowest BCUT2D eigenvalue weighted by Crippen LogP contribution is -2.38. The number of nitrogens with one attached hydrogen (secondary N) is 1. The maximum atomic E-state index is 12.3. The standard InChI is InChI=1S/C22H24N2O3/c1-13(2)8-9-26-21-12-16(15-11-19(25)14(3)10-20(15)27-21)22-23-17-6-4-5-7-18(17)24-22/h4-7,10,12,15,20-21H,1,8-9,11H2,2-3H3,(H,23,24)/t15-,20?,21?/m1/s1. The Morgan fingerprint density at radius 3 is 2.96 bits per heavy atom. The highest BCUT2D eigenvalue weighted by atomic mass is 16.7. The van der Waals surface area contributed by atoms with E-state index in [4.69, 9.17) is 14.5 Å². The van der Waals surface area contributed by atoms with E-state index in [2.05, 4.69) is 11.6 Å². The number of imidazole rings is 1. The number of ether oxygens (including phenoxy) is 2. The molecule has 1 aliphatic heterocycles. The molecule has 2 aromatic rings. The molecule has 140 valence electrons. The summed E-state index contributed by atoms with van der Waals surface area (Å²) in [6.45, 7) is 8.28. The fourth-order valence-electron chi connectivity index (χ4n) is 3.60. The molecule has 1 aromatic carbocycles. The summed E-state index contributed by atoms with van der Waals surface area (Å²) in [5.74, 6) is 0.884. The minimum atomic E-state index is -0.467. The van der Waals surface area contributed by atoms with E-state index in [1.807, 2.05) is 50.3 Å². The number of allylic oxidation sites excluding steroid dienone is 1. The molecule has 0 saturated heterocycles. The van der Waals surface area contributed by atoms with Crippen molar-refractivity contribution in [2.24, 2.45) is 5.92 Å². The van der Waals surface area contributed by atoms with E-state index in [0.29, 0.717) is 13.0 Å². The van der Waals surface area contributed by atoms with Crippen LogP contribution in [0.4, 0.5) is 0 Å². The normalized spacial score (nSPS) is 25.1. The number of para-hydroxylation sites is 2. The van der Waals surface area contributed by atoms with Gasteiger partial charge in [0.1, 0.15) is 5.82 Å². The van der Waals surface area contributed by atoms with E-state index in [1.165, 1.54) is 0 Å². The molecule has 1 aliphatic carbocycles. The Morgan fingerprint density at radius 2 is 2.19 bits per heavy atom. The van der Waals surface area contributed by atoms with Gasteiger partial charge in [0, 0.05) is 17.9 Å². The molecule has 0 bridgehead atoms. The molecular formula is C22H24N2O3. The van der Waals surface area contributed by atoms with Crippen molar-refractivity contribution in [3.05, 3.63) is 60.0 Å². The molecule has 2 aliphatic rings. The molecule has 0 amide bonds. The number of H-pyrrole nitrogens is 1. The third-order valence-electron chi connectivity index (χ3n) is 5.14. The third-order valence-corrected chi connectivity index (χ3v) is 5.14. The number of Topliss-reactive ketones (excluding diaryl/α,β-unsaturated/α-hetero) is 1. The highest BCUT2D eigenvalue weighted by molar-refractivity contribution is 5.97. The molecule has 4 rings (SSSR count). The maximum Gasteiger partial charge on any atom is 0.178 e. The summed E-state index contributed by atoms with van der Waals surface area (Å²) in [7, 11) is 0. The molecule has 2 unspecified atom stereocenters. The van der Waals surface area contributed by atoms with Crippen molar-refractivity contribution in [1.82, 2.24) is 9.97 Å². The van der Waals surface area contributed by atoms with Gasteiger partial charge < -0.3 is 14.5 Å². The number of carbonyl (C=O) groups excluding carboxylic acids is 1. The van der Waals surface area contributed by atoms with Crippen LogP contribution in [0, 0.1) is 5.92 Å². The van der Waals surface area contributed by atoms with Gasteiger partial charge in [-0.05, 0) is 50.1 Å². The SMILES string of the molecule is C=C(C)CCOC1C=C(c2nc3ccccc3[nH]2)[C@H]2CC(=O)C(C)=CC2O1. The zero-order chi connectivity index (χ0) is 19.0. The molecule has 5 heteroatoms. The Labute approximate surface area is 158 Å². The molecule has 0 fully saturated rings. The first-order valence-corrected chi connectivity index (χ1v) is 9.31. The summed E-state index contributed by atoms with van der Waals surface area (Å²) in [5, 5.41) is 0. The Balaban J connectivity index is 1.68. The number of aromatic nitrogens is 2. The molecule has 0 saturated carbocycles. The molecule has 27 heavy (non-hydrogen) atoms. The van der Waals surface area contributed by atoms with Crippen molar-refractivity contribution in [1.29, 1.82) is 0 Å². The highest BCUT2D eigenvalue weighted by Gasteiger charge is 2.38. The Hall–Kier alpha value is -2.50. The van der Waals surface area contributed by atoms with Crippen LogP contribution in [0.2, 0.25) is 0 Å². The van der Waals surface area contributed by atoms with E-state index in [-0.39, 0.29) is 17.8 Å². The molecule has 0 spiro atoms. The number of benzene rings is 1. The summed E-state index contributed by atoms with van der Waals surface area (Å²) in [5.41, 5.74) is 4.70. The Kier molecular flexibility index (Phi) is 4.81. The van der Waals surface area contributed by atoms with Gasteiger partial charge in [0.15, 0.2) is 12.1 Å². The van der Waals surface area contributed by atoms with Gasteiger partial charge in [-0.3, -0.25) is 4.79 Å². The van der Waals surface area contributed by atoms with E-state index in [1.54, 1.807) is 0 Å². The molecule has 1 aromatic heterocycles. The van der Waals surface area contributed by atoms with E-state index in [9.17, 15) is 4.79 Å². The van der Waals surface area contributed by atoms with Crippen LogP contribution in [0.1, 0.15) is 32.5 Å². The number of ketones is 1. The third kappa shape index (κ3) is 3.66. The number of nitrogens with zero attached hydrogens (tertiary/aromatic N) is 1. The van der Waals surface area contributed by atoms with E-state index in [0.717, 1.165) is 40.0 Å². The molecule has 5 nitrogen and oxygen atoms in total. The number of aromatic amines is 1. The summed E-state index contributed by atoms with van der Waals surface area (Å²) in [6, 6.07) is 7.92. The van der Waals surface area contributed by atoms with Crippen LogP contribution in [0.5, 0.6) is 0 Å². The first-order valence-electron chi connectivity index (χ1n) is 9.31. The van der Waals surface area contributed by atoms with Crippen molar-refractivity contribution in [2.75, 3.05) is 6.61 Å². The topological polar surface area (TPSA) is 64.2 Å². The van der Waals surface area contributed by atoms with Gasteiger partial charge in [-0.15, -0.1) is 6.58 Å². The second-order valence-corrected chi connectivity index (χ2v) is 7.36. The van der Waals surface area contributed by atoms with Gasteiger partial charge in [0.25, 0.3) is 0 Å². The minimum absolute atomic E-state index is 0.0530. The summed E-state index contributed by atoms with van der Waals surface area (Å²) < 4.78 is 12.0. The van der Waals surface area contributed by atoms with Gasteiger partial charge in [-0.1, -0.05) is 17.7 Å². The van der Waals surface area contributed by atoms with Crippen LogP contribution < -0.4 is 0 Å². The lowest BCUT2D eigenvalue weighted by molar-refractivity contribution is -0.148. The lowest BCUT2D eigenvalue weighted by atomic mass is 9.80. The van der Waals surface area contributed by atoms with Gasteiger partial charge >= 0.3 is 0 Å². The van der Waals surface area contributed by atoms with Gasteiger partial charge in [-0.25, -0.2) is 4.98 Å². The summed E-state index contributed by atoms with van der Waals surface area (Å²) in [6.07, 6.45) is 4.43. The quantitative estimate of drug-likeness (QED) is 0.808. The number of rotatable bonds is 5. The summed E-state index contributed by atoms with van der Waals surface area (Å²) >= 11 is 0. The van der Waals surface area contributed by atoms with Crippen LogP contribution in [0.25, 0.3) is 16.6 Å². The second-order valence-electron chi connectivity index (χ2n) is 7.36. The van der Waals surface area contributed by atoms with Crippen LogP contribution in [-0.4, -0.2) is 34.8 Å². The van der Waals surface area contributed by atoms with Crippen molar-refractivity contribution in [3.8, 4) is 0 Å². The largest absolute Gasteiger partial charge is 0.349 e.